The summed E-state index contributed by atoms with van der Waals surface area (Å²) in [5, 5.41) is 7.12. The molecule has 0 aliphatic carbocycles. The highest BCUT2D eigenvalue weighted by atomic mass is 19.4. The number of hydrogen-bond donors (Lipinski definition) is 1. The molecule has 1 spiro atoms. The number of pyridine rings is 1. The van der Waals surface area contributed by atoms with Crippen molar-refractivity contribution >= 4 is 11.9 Å². The topological polar surface area (TPSA) is 102 Å². The maximum Gasteiger partial charge on any atom is 0.490 e. The average molecular weight is 470 g/mol. The molecule has 2 atom stereocenters. The third kappa shape index (κ3) is 6.25. The molecule has 4 heterocycles. The molecule has 1 amide bonds. The number of nitrogens with zero attached hydrogens (tertiary/aromatic N) is 2. The number of ether oxygens (including phenoxy) is 2. The minimum Gasteiger partial charge on any atom is -0.475 e. The Bertz CT molecular complexity index is 978. The smallest absolute Gasteiger partial charge is 0.475 e. The minimum atomic E-state index is -5.08. The van der Waals surface area contributed by atoms with Crippen LogP contribution in [0.5, 0.6) is 5.88 Å². The van der Waals surface area contributed by atoms with Crippen molar-refractivity contribution in [1.82, 2.24) is 9.88 Å². The van der Waals surface area contributed by atoms with E-state index in [-0.39, 0.29) is 17.6 Å². The summed E-state index contributed by atoms with van der Waals surface area (Å²) < 4.78 is 49.4. The maximum atomic E-state index is 12.9. The molecule has 2 fully saturated rings. The highest BCUT2D eigenvalue weighted by molar-refractivity contribution is 5.95. The molecule has 2 aromatic rings. The van der Waals surface area contributed by atoms with E-state index in [2.05, 4.69) is 4.98 Å². The second-order valence-corrected chi connectivity index (χ2v) is 8.07. The molecule has 0 bridgehead atoms. The largest absolute Gasteiger partial charge is 0.490 e. The lowest BCUT2D eigenvalue weighted by molar-refractivity contribution is -0.192. The molecule has 2 aliphatic heterocycles. The molecular formula is C22H25F3N2O6. The van der Waals surface area contributed by atoms with E-state index in [1.54, 1.807) is 6.20 Å². The molecule has 1 N–H and O–H groups in total. The molecule has 2 aromatic heterocycles. The van der Waals surface area contributed by atoms with Crippen molar-refractivity contribution < 1.29 is 41.8 Å². The first kappa shape index (κ1) is 24.6. The first-order valence-electron chi connectivity index (χ1n) is 10.4. The Balaban J connectivity index is 0.000000383. The number of carboxylic acid groups (broad SMARTS) is 1. The Hall–Kier alpha value is -3.08. The number of aryl methyl sites for hydroxylation is 2. The lowest BCUT2D eigenvalue weighted by Crippen LogP contribution is -2.50. The third-order valence-corrected chi connectivity index (χ3v) is 5.44. The van der Waals surface area contributed by atoms with Crippen LogP contribution < -0.4 is 4.74 Å². The normalized spacial score (nSPS) is 22.6. The van der Waals surface area contributed by atoms with Crippen LogP contribution in [0.15, 0.2) is 34.9 Å². The number of rotatable bonds is 3. The van der Waals surface area contributed by atoms with Gasteiger partial charge < -0.3 is 23.9 Å². The lowest BCUT2D eigenvalue weighted by Gasteiger charge is -2.39. The van der Waals surface area contributed by atoms with Gasteiger partial charge in [0.15, 0.2) is 0 Å². The van der Waals surface area contributed by atoms with Gasteiger partial charge >= 0.3 is 12.1 Å². The summed E-state index contributed by atoms with van der Waals surface area (Å²) in [4.78, 5) is 27.9. The maximum absolute atomic E-state index is 12.9. The Labute approximate surface area is 188 Å². The predicted octanol–water partition coefficient (Wildman–Crippen LogP) is 3.77. The van der Waals surface area contributed by atoms with Gasteiger partial charge in [0.1, 0.15) is 17.6 Å². The van der Waals surface area contributed by atoms with E-state index in [0.29, 0.717) is 30.4 Å². The number of furan rings is 1. The van der Waals surface area contributed by atoms with E-state index in [1.165, 1.54) is 0 Å². The van der Waals surface area contributed by atoms with Gasteiger partial charge in [0.2, 0.25) is 5.88 Å². The Morgan fingerprint density at radius 2 is 2.03 bits per heavy atom. The molecule has 0 radical (unpaired) electrons. The summed E-state index contributed by atoms with van der Waals surface area (Å²) in [5.41, 5.74) is 0.332. The molecule has 180 valence electrons. The van der Waals surface area contributed by atoms with E-state index >= 15 is 0 Å². The lowest BCUT2D eigenvalue weighted by atomic mass is 9.89. The van der Waals surface area contributed by atoms with Crippen molar-refractivity contribution in [2.75, 3.05) is 19.7 Å². The van der Waals surface area contributed by atoms with Gasteiger partial charge in [-0.2, -0.15) is 13.2 Å². The average Bonchev–Trinajstić information content (AvgIpc) is 3.29. The molecule has 2 saturated heterocycles. The van der Waals surface area contributed by atoms with Gasteiger partial charge in [-0.3, -0.25) is 4.79 Å². The monoisotopic (exact) mass is 470 g/mol. The fourth-order valence-electron chi connectivity index (χ4n) is 4.04. The quantitative estimate of drug-likeness (QED) is 0.729. The SMILES string of the molecule is Cc1cc(C(=O)N2CCC[C@]3(C[C@@H](Oc4ccccn4)CO3)C2)c(C)o1.O=C(O)C(F)(F)F. The molecule has 33 heavy (non-hydrogen) atoms. The first-order chi connectivity index (χ1) is 15.5. The van der Waals surface area contributed by atoms with Crippen molar-refractivity contribution in [1.29, 1.82) is 0 Å². The molecular weight excluding hydrogens is 445 g/mol. The van der Waals surface area contributed by atoms with E-state index in [9.17, 15) is 18.0 Å². The molecule has 4 rings (SSSR count). The number of likely N-dealkylation sites (tertiary alicyclic amines) is 1. The molecule has 0 unspecified atom stereocenters. The molecule has 11 heteroatoms. The van der Waals surface area contributed by atoms with Gasteiger partial charge in [-0.25, -0.2) is 9.78 Å². The third-order valence-electron chi connectivity index (χ3n) is 5.44. The van der Waals surface area contributed by atoms with E-state index in [0.717, 1.165) is 31.6 Å². The van der Waals surface area contributed by atoms with Crippen molar-refractivity contribution in [3.05, 3.63) is 47.5 Å². The van der Waals surface area contributed by atoms with E-state index in [4.69, 9.17) is 23.8 Å². The number of piperidine rings is 1. The fraction of sp³-hybridized carbons (Fsp3) is 0.500. The number of carboxylic acids is 1. The second kappa shape index (κ2) is 9.82. The zero-order chi connectivity index (χ0) is 24.2. The zero-order valence-electron chi connectivity index (χ0n) is 18.2. The fourth-order valence-corrected chi connectivity index (χ4v) is 4.04. The van der Waals surface area contributed by atoms with Gasteiger partial charge in [-0.1, -0.05) is 6.07 Å². The van der Waals surface area contributed by atoms with Crippen molar-refractivity contribution in [2.24, 2.45) is 0 Å². The number of aromatic nitrogens is 1. The first-order valence-corrected chi connectivity index (χ1v) is 10.4. The number of carbonyl (C=O) groups excluding carboxylic acids is 1. The number of hydrogen-bond acceptors (Lipinski definition) is 6. The van der Waals surface area contributed by atoms with Gasteiger partial charge in [0.05, 0.1) is 24.3 Å². The Morgan fingerprint density at radius 3 is 2.61 bits per heavy atom. The standard InChI is InChI=1S/C20H24N2O4.C2HF3O2/c1-14-10-17(15(2)25-14)19(23)22-9-5-7-20(13-22)11-16(12-24-20)26-18-6-3-4-8-21-18;3-2(4,5)1(6)7/h3-4,6,8,10,16H,5,7,9,11-13H2,1-2H3;(H,6,7)/t16-,20+;/m1./s1. The van der Waals surface area contributed by atoms with Crippen LogP contribution >= 0.6 is 0 Å². The molecule has 8 nitrogen and oxygen atoms in total. The minimum absolute atomic E-state index is 0.0242. The predicted molar refractivity (Wildman–Crippen MR) is 109 cm³/mol. The van der Waals surface area contributed by atoms with Gasteiger partial charge in [-0.05, 0) is 38.8 Å². The number of carbonyl (C=O) groups is 2. The second-order valence-electron chi connectivity index (χ2n) is 8.07. The van der Waals surface area contributed by atoms with Crippen LogP contribution in [0.25, 0.3) is 0 Å². The summed E-state index contributed by atoms with van der Waals surface area (Å²) in [6.45, 7) is 5.57. The Morgan fingerprint density at radius 1 is 1.30 bits per heavy atom. The van der Waals surface area contributed by atoms with Crippen molar-refractivity contribution in [3.63, 3.8) is 0 Å². The van der Waals surface area contributed by atoms with Crippen LogP contribution in [0.3, 0.4) is 0 Å². The molecule has 2 aliphatic rings. The van der Waals surface area contributed by atoms with Gasteiger partial charge in [-0.15, -0.1) is 0 Å². The van der Waals surface area contributed by atoms with E-state index in [1.807, 2.05) is 43.0 Å². The molecule has 0 saturated carbocycles. The Kier molecular flexibility index (Phi) is 7.31. The number of amides is 1. The number of aliphatic carboxylic acids is 1. The summed E-state index contributed by atoms with van der Waals surface area (Å²) >= 11 is 0. The highest BCUT2D eigenvalue weighted by Crippen LogP contribution is 2.36. The van der Waals surface area contributed by atoms with E-state index < -0.39 is 12.1 Å². The van der Waals surface area contributed by atoms with Crippen LogP contribution in [0.2, 0.25) is 0 Å². The zero-order valence-corrected chi connectivity index (χ0v) is 18.2. The molecule has 0 aromatic carbocycles. The summed E-state index contributed by atoms with van der Waals surface area (Å²) in [6, 6.07) is 7.45. The van der Waals surface area contributed by atoms with Crippen molar-refractivity contribution in [2.45, 2.75) is 51.0 Å². The van der Waals surface area contributed by atoms with Crippen LogP contribution in [-0.2, 0) is 9.53 Å². The van der Waals surface area contributed by atoms with Crippen molar-refractivity contribution in [3.8, 4) is 5.88 Å². The summed E-state index contributed by atoms with van der Waals surface area (Å²) in [5.74, 6) is -0.677. The van der Waals surface area contributed by atoms with Crippen LogP contribution in [0, 0.1) is 13.8 Å². The van der Waals surface area contributed by atoms with Crippen LogP contribution in [0.4, 0.5) is 13.2 Å². The van der Waals surface area contributed by atoms with Gasteiger partial charge in [0.25, 0.3) is 5.91 Å². The van der Waals surface area contributed by atoms with Crippen LogP contribution in [-0.4, -0.2) is 64.4 Å². The summed E-state index contributed by atoms with van der Waals surface area (Å²) in [7, 11) is 0. The number of halogens is 3. The van der Waals surface area contributed by atoms with Gasteiger partial charge in [0, 0.05) is 25.2 Å². The number of alkyl halides is 3. The van der Waals surface area contributed by atoms with Crippen LogP contribution in [0.1, 0.15) is 41.1 Å². The summed E-state index contributed by atoms with van der Waals surface area (Å²) in [6.07, 6.45) is -0.744. The highest BCUT2D eigenvalue weighted by Gasteiger charge is 2.46.